The molecule has 2 bridgehead atoms. The van der Waals surface area contributed by atoms with E-state index in [4.69, 9.17) is 4.74 Å². The van der Waals surface area contributed by atoms with Gasteiger partial charge in [0.1, 0.15) is 23.9 Å². The predicted molar refractivity (Wildman–Crippen MR) is 185 cm³/mol. The number of nitrogens with zero attached hydrogens (tertiary/aromatic N) is 7. The fourth-order valence-corrected chi connectivity index (χ4v) is 7.46. The van der Waals surface area contributed by atoms with Gasteiger partial charge in [0.2, 0.25) is 5.91 Å². The van der Waals surface area contributed by atoms with Crippen LogP contribution in [0.15, 0.2) is 79.4 Å². The number of carbonyl (C=O) groups excluding carboxylic acids is 2. The van der Waals surface area contributed by atoms with Crippen LogP contribution in [-0.4, -0.2) is 72.7 Å². The fraction of sp³-hybridized carbons (Fsp3) is 0.351. The highest BCUT2D eigenvalue weighted by Gasteiger charge is 2.42. The van der Waals surface area contributed by atoms with E-state index in [0.29, 0.717) is 17.4 Å². The number of fused-ring (bicyclic) bond motifs is 2. The molecule has 0 spiro atoms. The van der Waals surface area contributed by atoms with Crippen LogP contribution in [0.25, 0.3) is 22.5 Å². The maximum absolute atomic E-state index is 14.3. The lowest BCUT2D eigenvalue weighted by molar-refractivity contribution is -0.118. The summed E-state index contributed by atoms with van der Waals surface area (Å²) in [5.41, 5.74) is 6.84. The molecule has 5 heterocycles. The zero-order valence-electron chi connectivity index (χ0n) is 27.8. The maximum atomic E-state index is 14.3. The summed E-state index contributed by atoms with van der Waals surface area (Å²) >= 11 is 0. The number of hydrogen-bond acceptors (Lipinski definition) is 8. The van der Waals surface area contributed by atoms with Gasteiger partial charge in [0.15, 0.2) is 0 Å². The van der Waals surface area contributed by atoms with E-state index in [9.17, 15) is 9.59 Å². The van der Waals surface area contributed by atoms with Crippen LogP contribution in [0, 0.1) is 12.8 Å². The van der Waals surface area contributed by atoms with E-state index in [2.05, 4.69) is 41.8 Å². The van der Waals surface area contributed by atoms with Crippen LogP contribution in [0.5, 0.6) is 0 Å². The molecular formula is C37H39N9O3. The van der Waals surface area contributed by atoms with Gasteiger partial charge >= 0.3 is 0 Å². The molecule has 0 radical (unpaired) electrons. The number of rotatable bonds is 10. The van der Waals surface area contributed by atoms with Crippen molar-refractivity contribution in [1.82, 2.24) is 34.8 Å². The highest BCUT2D eigenvalue weighted by atomic mass is 16.5. The molecule has 3 aromatic heterocycles. The molecule has 250 valence electrons. The summed E-state index contributed by atoms with van der Waals surface area (Å²) in [7, 11) is 3.63. The normalized spacial score (nSPS) is 19.5. The third-order valence-electron chi connectivity index (χ3n) is 10.1. The Labute approximate surface area is 284 Å². The topological polar surface area (TPSA) is 132 Å². The number of benzene rings is 2. The van der Waals surface area contributed by atoms with Crippen LogP contribution in [0.1, 0.15) is 46.8 Å². The van der Waals surface area contributed by atoms with Crippen molar-refractivity contribution >= 4 is 23.3 Å². The molecule has 2 aromatic carbocycles. The van der Waals surface area contributed by atoms with Crippen LogP contribution in [0.4, 0.5) is 11.5 Å². The minimum Gasteiger partial charge on any atom is -0.374 e. The first-order valence-corrected chi connectivity index (χ1v) is 16.8. The Kier molecular flexibility index (Phi) is 7.95. The lowest BCUT2D eigenvalue weighted by Crippen LogP contribution is -2.48. The molecule has 2 aliphatic heterocycles. The van der Waals surface area contributed by atoms with E-state index < -0.39 is 6.04 Å². The van der Waals surface area contributed by atoms with Gasteiger partial charge in [-0.1, -0.05) is 30.3 Å². The predicted octanol–water partition coefficient (Wildman–Crippen LogP) is 4.49. The van der Waals surface area contributed by atoms with Gasteiger partial charge < -0.3 is 20.3 Å². The average molecular weight is 658 g/mol. The van der Waals surface area contributed by atoms with E-state index in [0.717, 1.165) is 71.9 Å². The molecule has 3 aliphatic rings. The molecule has 12 heteroatoms. The molecule has 49 heavy (non-hydrogen) atoms. The molecule has 1 saturated carbocycles. The van der Waals surface area contributed by atoms with Crippen molar-refractivity contribution in [2.45, 2.75) is 50.3 Å². The van der Waals surface area contributed by atoms with Crippen molar-refractivity contribution in [3.8, 4) is 22.5 Å². The van der Waals surface area contributed by atoms with Crippen LogP contribution in [0.2, 0.25) is 0 Å². The van der Waals surface area contributed by atoms with Crippen LogP contribution >= 0.6 is 0 Å². The van der Waals surface area contributed by atoms with Crippen molar-refractivity contribution < 1.29 is 14.3 Å². The fourth-order valence-electron chi connectivity index (χ4n) is 7.46. The molecule has 5 aromatic rings. The zero-order chi connectivity index (χ0) is 33.6. The second kappa shape index (κ2) is 12.6. The van der Waals surface area contributed by atoms with Crippen molar-refractivity contribution in [3.63, 3.8) is 0 Å². The smallest absolute Gasteiger partial charge is 0.270 e. The van der Waals surface area contributed by atoms with Crippen molar-refractivity contribution in [1.29, 1.82) is 0 Å². The van der Waals surface area contributed by atoms with Gasteiger partial charge in [0.05, 0.1) is 36.3 Å². The van der Waals surface area contributed by atoms with Gasteiger partial charge in [-0.25, -0.2) is 9.97 Å². The van der Waals surface area contributed by atoms with E-state index in [1.54, 1.807) is 25.6 Å². The highest BCUT2D eigenvalue weighted by molar-refractivity contribution is 6.01. The SMILES string of the molecule is Cc1cnn(C)c1-c1ccc(NC(=O)[C@@H](NC(=O)c2ccnn2C)C(c2cccc(-c3cc(N4C[C@@H]5C[C@H]4CO5)ncn3)c2)C2CC2)cc1. The van der Waals surface area contributed by atoms with Crippen molar-refractivity contribution in [2.24, 2.45) is 20.0 Å². The van der Waals surface area contributed by atoms with Crippen LogP contribution in [-0.2, 0) is 23.6 Å². The summed E-state index contributed by atoms with van der Waals surface area (Å²) in [6, 6.07) is 19.1. The highest BCUT2D eigenvalue weighted by Crippen LogP contribution is 2.45. The minimum atomic E-state index is -0.842. The Hall–Kier alpha value is -5.36. The maximum Gasteiger partial charge on any atom is 0.270 e. The number of hydrogen-bond donors (Lipinski definition) is 2. The summed E-state index contributed by atoms with van der Waals surface area (Å²) in [4.78, 5) is 39.5. The Morgan fingerprint density at radius 3 is 2.47 bits per heavy atom. The van der Waals surface area contributed by atoms with Crippen molar-refractivity contribution in [3.05, 3.63) is 96.2 Å². The minimum absolute atomic E-state index is 0.231. The molecule has 3 fully saturated rings. The standard InChI is InChI=1S/C37H39N9O3/c1-22-18-41-45(3)35(22)24-9-11-27(12-10-24)42-37(48)34(43-36(47)31-13-14-40-44(31)2)33(23-7-8-23)26-6-4-5-25(15-26)30-17-32(39-21-38-30)46-19-29-16-28(46)20-49-29/h4-6,9-15,17-18,21,23,28-29,33-34H,7-8,16,19-20H2,1-3H3,(H,42,48)(H,43,47)/t28-,29-,33?,34-/m0/s1. The zero-order valence-corrected chi connectivity index (χ0v) is 27.8. The molecular weight excluding hydrogens is 618 g/mol. The quantitative estimate of drug-likeness (QED) is 0.225. The Balaban J connectivity index is 1.10. The first-order chi connectivity index (χ1) is 23.8. The van der Waals surface area contributed by atoms with E-state index in [1.165, 1.54) is 4.68 Å². The van der Waals surface area contributed by atoms with Crippen molar-refractivity contribution in [2.75, 3.05) is 23.4 Å². The van der Waals surface area contributed by atoms with E-state index in [1.807, 2.05) is 73.4 Å². The van der Waals surface area contributed by atoms with E-state index in [-0.39, 0.29) is 29.8 Å². The number of aromatic nitrogens is 6. The second-order valence-corrected chi connectivity index (χ2v) is 13.4. The Morgan fingerprint density at radius 2 is 1.80 bits per heavy atom. The monoisotopic (exact) mass is 657 g/mol. The second-order valence-electron chi connectivity index (χ2n) is 13.4. The molecule has 4 atom stereocenters. The van der Waals surface area contributed by atoms with Gasteiger partial charge in [-0.3, -0.25) is 19.0 Å². The summed E-state index contributed by atoms with van der Waals surface area (Å²) in [5.74, 6) is 0.233. The number of morpholine rings is 1. The number of carbonyl (C=O) groups is 2. The van der Waals surface area contributed by atoms with Gasteiger partial charge in [0.25, 0.3) is 5.91 Å². The third kappa shape index (κ3) is 6.08. The summed E-state index contributed by atoms with van der Waals surface area (Å²) in [6.07, 6.45) is 8.26. The number of ether oxygens (including phenoxy) is 1. The van der Waals surface area contributed by atoms with Crippen LogP contribution in [0.3, 0.4) is 0 Å². The summed E-state index contributed by atoms with van der Waals surface area (Å²) < 4.78 is 9.16. The molecule has 12 nitrogen and oxygen atoms in total. The molecule has 2 N–H and O–H groups in total. The summed E-state index contributed by atoms with van der Waals surface area (Å²) in [6.45, 7) is 3.59. The van der Waals surface area contributed by atoms with E-state index >= 15 is 0 Å². The van der Waals surface area contributed by atoms with Crippen LogP contribution < -0.4 is 15.5 Å². The molecule has 2 amide bonds. The lowest BCUT2D eigenvalue weighted by atomic mass is 9.85. The Morgan fingerprint density at radius 1 is 0.959 bits per heavy atom. The van der Waals surface area contributed by atoms with Gasteiger partial charge in [-0.2, -0.15) is 10.2 Å². The number of nitrogens with one attached hydrogen (secondary N) is 2. The largest absolute Gasteiger partial charge is 0.374 e. The molecule has 1 aliphatic carbocycles. The lowest BCUT2D eigenvalue weighted by Gasteiger charge is -2.29. The van der Waals surface area contributed by atoms with Gasteiger partial charge in [-0.15, -0.1) is 0 Å². The average Bonchev–Trinajstić information content (AvgIpc) is 3.39. The Bertz CT molecular complexity index is 2000. The molecule has 1 unspecified atom stereocenters. The first-order valence-electron chi connectivity index (χ1n) is 16.8. The third-order valence-corrected chi connectivity index (χ3v) is 10.1. The number of anilines is 2. The summed E-state index contributed by atoms with van der Waals surface area (Å²) in [5, 5.41) is 14.7. The number of aryl methyl sites for hydroxylation is 3. The first kappa shape index (κ1) is 30.9. The van der Waals surface area contributed by atoms with Gasteiger partial charge in [-0.05, 0) is 67.5 Å². The molecule has 8 rings (SSSR count). The number of amides is 2. The molecule has 2 saturated heterocycles. The van der Waals surface area contributed by atoms with Gasteiger partial charge in [0, 0.05) is 55.6 Å².